The van der Waals surface area contributed by atoms with E-state index in [1.54, 1.807) is 19.2 Å². The predicted molar refractivity (Wildman–Crippen MR) is 137 cm³/mol. The zero-order valence-corrected chi connectivity index (χ0v) is 20.8. The van der Waals surface area contributed by atoms with E-state index in [2.05, 4.69) is 46.3 Å². The van der Waals surface area contributed by atoms with Crippen LogP contribution in [0.15, 0.2) is 65.1 Å². The van der Waals surface area contributed by atoms with Crippen LogP contribution in [0.1, 0.15) is 35.2 Å². The van der Waals surface area contributed by atoms with Crippen LogP contribution in [0.2, 0.25) is 0 Å². The fourth-order valence-electron chi connectivity index (χ4n) is 4.26. The first kappa shape index (κ1) is 24.7. The van der Waals surface area contributed by atoms with Crippen LogP contribution in [0.3, 0.4) is 0 Å². The molecule has 1 unspecified atom stereocenters. The number of carbonyl (C=O) groups excluding carboxylic acids is 1. The molecule has 0 bridgehead atoms. The second-order valence-electron chi connectivity index (χ2n) is 9.04. The van der Waals surface area contributed by atoms with Crippen LogP contribution in [0.4, 0.5) is 5.69 Å². The molecule has 0 radical (unpaired) electrons. The van der Waals surface area contributed by atoms with Crippen LogP contribution in [0, 0.1) is 6.92 Å². The minimum Gasteiger partial charge on any atom is -0.493 e. The van der Waals surface area contributed by atoms with Gasteiger partial charge in [-0.2, -0.15) is 0 Å². The van der Waals surface area contributed by atoms with Crippen molar-refractivity contribution in [3.05, 3.63) is 77.7 Å². The van der Waals surface area contributed by atoms with Gasteiger partial charge in [0.1, 0.15) is 12.4 Å². The Labute approximate surface area is 207 Å². The molecule has 1 fully saturated rings. The summed E-state index contributed by atoms with van der Waals surface area (Å²) < 4.78 is 16.8. The van der Waals surface area contributed by atoms with Crippen molar-refractivity contribution in [2.45, 2.75) is 32.9 Å². The summed E-state index contributed by atoms with van der Waals surface area (Å²) in [5.74, 6) is 1.96. The maximum atomic E-state index is 12.6. The Kier molecular flexibility index (Phi) is 8.32. The Bertz CT molecular complexity index is 1100. The first-order valence-electron chi connectivity index (χ1n) is 12.2. The molecule has 1 aliphatic heterocycles. The third-order valence-electron chi connectivity index (χ3n) is 6.32. The zero-order chi connectivity index (χ0) is 24.6. The molecule has 1 saturated heterocycles. The number of para-hydroxylation sites is 2. The van der Waals surface area contributed by atoms with Crippen molar-refractivity contribution < 1.29 is 18.7 Å². The summed E-state index contributed by atoms with van der Waals surface area (Å²) in [6.07, 6.45) is 0.890. The third-order valence-corrected chi connectivity index (χ3v) is 6.32. The Balaban J connectivity index is 1.18. The lowest BCUT2D eigenvalue weighted by Crippen LogP contribution is -2.47. The van der Waals surface area contributed by atoms with E-state index in [9.17, 15) is 4.79 Å². The van der Waals surface area contributed by atoms with Gasteiger partial charge in [0.2, 0.25) is 0 Å². The van der Waals surface area contributed by atoms with Crippen LogP contribution in [0.25, 0.3) is 0 Å². The molecule has 1 aromatic heterocycles. The quantitative estimate of drug-likeness (QED) is 0.464. The minimum absolute atomic E-state index is 0.0516. The highest BCUT2D eigenvalue weighted by molar-refractivity contribution is 5.91. The monoisotopic (exact) mass is 477 g/mol. The van der Waals surface area contributed by atoms with Crippen molar-refractivity contribution in [1.82, 2.24) is 10.2 Å². The molecule has 1 N–H and O–H groups in total. The van der Waals surface area contributed by atoms with Crippen LogP contribution >= 0.6 is 0 Å². The number of nitrogens with zero attached hydrogens (tertiary/aromatic N) is 2. The Morgan fingerprint density at radius 3 is 2.54 bits per heavy atom. The van der Waals surface area contributed by atoms with Gasteiger partial charge in [0.25, 0.3) is 5.91 Å². The largest absolute Gasteiger partial charge is 0.493 e. The molecule has 7 nitrogen and oxygen atoms in total. The molecule has 2 aromatic carbocycles. The summed E-state index contributed by atoms with van der Waals surface area (Å²) in [7, 11) is 1.60. The zero-order valence-electron chi connectivity index (χ0n) is 20.8. The first-order chi connectivity index (χ1) is 17.0. The number of benzene rings is 2. The summed E-state index contributed by atoms with van der Waals surface area (Å²) in [5, 5.41) is 3.05. The summed E-state index contributed by atoms with van der Waals surface area (Å²) in [6, 6.07) is 19.6. The van der Waals surface area contributed by atoms with Gasteiger partial charge >= 0.3 is 0 Å². The topological polar surface area (TPSA) is 67.2 Å². The first-order valence-corrected chi connectivity index (χ1v) is 12.2. The molecule has 7 heteroatoms. The highest BCUT2D eigenvalue weighted by Crippen LogP contribution is 2.27. The van der Waals surface area contributed by atoms with Crippen molar-refractivity contribution in [1.29, 1.82) is 0 Å². The van der Waals surface area contributed by atoms with Gasteiger partial charge in [-0.15, -0.1) is 0 Å². The standard InChI is InChI=1S/C28H35N3O4/c1-21-7-6-8-23(19-21)31-17-15-30(16-18-31)14-13-22(2)29-28(32)27-12-11-24(35-27)20-34-26-10-5-4-9-25(26)33-3/h4-12,19,22H,13-18,20H2,1-3H3,(H,29,32). The number of ether oxygens (including phenoxy) is 2. The van der Waals surface area contributed by atoms with Crippen LogP contribution in [-0.4, -0.2) is 56.7 Å². The van der Waals surface area contributed by atoms with Gasteiger partial charge in [-0.05, 0) is 62.2 Å². The van der Waals surface area contributed by atoms with E-state index < -0.39 is 0 Å². The van der Waals surface area contributed by atoms with Gasteiger partial charge in [-0.1, -0.05) is 24.3 Å². The summed E-state index contributed by atoms with van der Waals surface area (Å²) in [4.78, 5) is 17.5. The van der Waals surface area contributed by atoms with Crippen LogP contribution in [0.5, 0.6) is 11.5 Å². The minimum atomic E-state index is -0.203. The number of hydrogen-bond acceptors (Lipinski definition) is 6. The van der Waals surface area contributed by atoms with E-state index in [1.165, 1.54) is 11.3 Å². The molecule has 1 amide bonds. The van der Waals surface area contributed by atoms with E-state index >= 15 is 0 Å². The molecule has 35 heavy (non-hydrogen) atoms. The maximum absolute atomic E-state index is 12.6. The highest BCUT2D eigenvalue weighted by atomic mass is 16.5. The lowest BCUT2D eigenvalue weighted by molar-refractivity contribution is 0.0903. The van der Waals surface area contributed by atoms with E-state index in [0.29, 0.717) is 23.0 Å². The number of carbonyl (C=O) groups is 1. The molecular formula is C28H35N3O4. The Morgan fingerprint density at radius 2 is 1.80 bits per heavy atom. The van der Waals surface area contributed by atoms with Gasteiger partial charge in [-0.3, -0.25) is 9.69 Å². The average molecular weight is 478 g/mol. The van der Waals surface area contributed by atoms with Crippen molar-refractivity contribution in [2.24, 2.45) is 0 Å². The second-order valence-corrected chi connectivity index (χ2v) is 9.04. The van der Waals surface area contributed by atoms with E-state index in [1.807, 2.05) is 31.2 Å². The number of aryl methyl sites for hydroxylation is 1. The van der Waals surface area contributed by atoms with Gasteiger partial charge in [0.05, 0.1) is 7.11 Å². The lowest BCUT2D eigenvalue weighted by Gasteiger charge is -2.36. The molecule has 1 aliphatic rings. The van der Waals surface area contributed by atoms with Crippen molar-refractivity contribution in [3.63, 3.8) is 0 Å². The molecule has 2 heterocycles. The van der Waals surface area contributed by atoms with Crippen molar-refractivity contribution in [3.8, 4) is 11.5 Å². The average Bonchev–Trinajstić information content (AvgIpc) is 3.36. The molecular weight excluding hydrogens is 442 g/mol. The van der Waals surface area contributed by atoms with Crippen molar-refractivity contribution in [2.75, 3.05) is 44.7 Å². The van der Waals surface area contributed by atoms with Crippen LogP contribution in [-0.2, 0) is 6.61 Å². The van der Waals surface area contributed by atoms with E-state index in [0.717, 1.165) is 39.1 Å². The predicted octanol–water partition coefficient (Wildman–Crippen LogP) is 4.51. The number of amides is 1. The summed E-state index contributed by atoms with van der Waals surface area (Å²) in [6.45, 7) is 9.46. The highest BCUT2D eigenvalue weighted by Gasteiger charge is 2.19. The lowest BCUT2D eigenvalue weighted by atomic mass is 10.1. The van der Waals surface area contributed by atoms with Gasteiger partial charge in [0.15, 0.2) is 17.3 Å². The molecule has 0 spiro atoms. The molecule has 0 saturated carbocycles. The van der Waals surface area contributed by atoms with Gasteiger partial charge in [-0.25, -0.2) is 0 Å². The Morgan fingerprint density at radius 1 is 1.03 bits per heavy atom. The number of furan rings is 1. The van der Waals surface area contributed by atoms with E-state index in [4.69, 9.17) is 13.9 Å². The molecule has 186 valence electrons. The van der Waals surface area contributed by atoms with E-state index in [-0.39, 0.29) is 18.6 Å². The van der Waals surface area contributed by atoms with Gasteiger partial charge < -0.3 is 24.1 Å². The fraction of sp³-hybridized carbons (Fsp3) is 0.393. The smallest absolute Gasteiger partial charge is 0.287 e. The summed E-state index contributed by atoms with van der Waals surface area (Å²) >= 11 is 0. The number of rotatable bonds is 10. The third kappa shape index (κ3) is 6.79. The molecule has 3 aromatic rings. The SMILES string of the molecule is COc1ccccc1OCc1ccc(C(=O)NC(C)CCN2CCN(c3cccc(C)c3)CC2)o1. The fourth-order valence-corrected chi connectivity index (χ4v) is 4.26. The van der Waals surface area contributed by atoms with Crippen LogP contribution < -0.4 is 19.7 Å². The number of methoxy groups -OCH3 is 1. The molecule has 0 aliphatic carbocycles. The molecule has 4 rings (SSSR count). The second kappa shape index (κ2) is 11.8. The number of anilines is 1. The Hall–Kier alpha value is -3.45. The maximum Gasteiger partial charge on any atom is 0.287 e. The summed E-state index contributed by atoms with van der Waals surface area (Å²) in [5.41, 5.74) is 2.60. The number of nitrogens with one attached hydrogen (secondary N) is 1. The normalized spacial score (nSPS) is 15.0. The van der Waals surface area contributed by atoms with Gasteiger partial charge in [0, 0.05) is 44.5 Å². The number of hydrogen-bond donors (Lipinski definition) is 1. The van der Waals surface area contributed by atoms with Crippen molar-refractivity contribution >= 4 is 11.6 Å². The number of piperazine rings is 1. The molecule has 1 atom stereocenters.